The summed E-state index contributed by atoms with van der Waals surface area (Å²) in [4.78, 5) is 11.3. The van der Waals surface area contributed by atoms with E-state index < -0.39 is 0 Å². The van der Waals surface area contributed by atoms with E-state index in [1.807, 2.05) is 13.1 Å². The van der Waals surface area contributed by atoms with Crippen LogP contribution in [0.2, 0.25) is 0 Å². The molecular weight excluding hydrogens is 417 g/mol. The highest BCUT2D eigenvalue weighted by molar-refractivity contribution is 14.0. The van der Waals surface area contributed by atoms with E-state index in [0.29, 0.717) is 19.1 Å². The number of pyridine rings is 1. The zero-order chi connectivity index (χ0) is 16.7. The number of nitrogens with two attached hydrogens (primary N) is 1. The van der Waals surface area contributed by atoms with Crippen LogP contribution in [0.4, 0.5) is 5.82 Å². The summed E-state index contributed by atoms with van der Waals surface area (Å²) >= 11 is 0. The van der Waals surface area contributed by atoms with Gasteiger partial charge < -0.3 is 20.7 Å². The Morgan fingerprint density at radius 3 is 2.75 bits per heavy atom. The molecule has 0 aromatic carbocycles. The van der Waals surface area contributed by atoms with Gasteiger partial charge in [-0.1, -0.05) is 13.0 Å². The molecule has 2 rings (SSSR count). The highest BCUT2D eigenvalue weighted by Gasteiger charge is 2.16. The van der Waals surface area contributed by atoms with Crippen molar-refractivity contribution in [2.75, 3.05) is 31.7 Å². The van der Waals surface area contributed by atoms with Crippen molar-refractivity contribution in [3.63, 3.8) is 0 Å². The molecule has 7 heteroatoms. The molecule has 1 aliphatic rings. The van der Waals surface area contributed by atoms with Crippen LogP contribution in [-0.2, 0) is 11.3 Å². The van der Waals surface area contributed by atoms with E-state index in [4.69, 9.17) is 10.5 Å². The molecule has 136 valence electrons. The smallest absolute Gasteiger partial charge is 0.189 e. The number of aromatic nitrogens is 1. The van der Waals surface area contributed by atoms with E-state index in [-0.39, 0.29) is 30.0 Å². The van der Waals surface area contributed by atoms with Crippen molar-refractivity contribution in [3.05, 3.63) is 23.9 Å². The number of hydrogen-bond donors (Lipinski definition) is 2. The molecule has 1 aromatic rings. The summed E-state index contributed by atoms with van der Waals surface area (Å²) in [7, 11) is 1.67. The predicted molar refractivity (Wildman–Crippen MR) is 110 cm³/mol. The quantitative estimate of drug-likeness (QED) is 0.398. The van der Waals surface area contributed by atoms with Gasteiger partial charge in [0, 0.05) is 32.4 Å². The first-order chi connectivity index (χ1) is 11.1. The first-order valence-corrected chi connectivity index (χ1v) is 8.33. The second-order valence-electron chi connectivity index (χ2n) is 6.40. The number of nitrogens with zero attached hydrogens (tertiary/aromatic N) is 3. The Bertz CT molecular complexity index is 500. The van der Waals surface area contributed by atoms with Gasteiger partial charge in [0.25, 0.3) is 0 Å². The number of hydrogen-bond acceptors (Lipinski definition) is 4. The van der Waals surface area contributed by atoms with E-state index in [0.717, 1.165) is 30.4 Å². The van der Waals surface area contributed by atoms with Crippen molar-refractivity contribution < 1.29 is 4.74 Å². The van der Waals surface area contributed by atoms with Crippen LogP contribution < -0.4 is 16.0 Å². The second-order valence-corrected chi connectivity index (χ2v) is 6.40. The molecular formula is C17H30IN5O. The number of halogens is 1. The summed E-state index contributed by atoms with van der Waals surface area (Å²) in [6.45, 7) is 7.64. The van der Waals surface area contributed by atoms with Crippen molar-refractivity contribution >= 4 is 35.8 Å². The van der Waals surface area contributed by atoms with Gasteiger partial charge in [0.15, 0.2) is 5.96 Å². The summed E-state index contributed by atoms with van der Waals surface area (Å²) in [6.07, 6.45) is 4.38. The van der Waals surface area contributed by atoms with Gasteiger partial charge >= 0.3 is 0 Å². The minimum Gasteiger partial charge on any atom is -0.383 e. The van der Waals surface area contributed by atoms with Gasteiger partial charge in [0.2, 0.25) is 0 Å². The molecule has 1 saturated heterocycles. The van der Waals surface area contributed by atoms with Crippen LogP contribution in [0.3, 0.4) is 0 Å². The van der Waals surface area contributed by atoms with Crippen LogP contribution in [0, 0.1) is 5.92 Å². The van der Waals surface area contributed by atoms with Gasteiger partial charge in [-0.05, 0) is 37.3 Å². The Labute approximate surface area is 162 Å². The summed E-state index contributed by atoms with van der Waals surface area (Å²) in [6, 6.07) is 4.30. The Balaban J connectivity index is 0.00000288. The third kappa shape index (κ3) is 6.80. The Morgan fingerprint density at radius 2 is 2.17 bits per heavy atom. The number of anilines is 1. The lowest BCUT2D eigenvalue weighted by molar-refractivity contribution is 0.179. The lowest BCUT2D eigenvalue weighted by atomic mass is 9.99. The number of guanidine groups is 1. The second kappa shape index (κ2) is 10.7. The molecule has 1 aromatic heterocycles. The molecule has 0 radical (unpaired) electrons. The van der Waals surface area contributed by atoms with Crippen LogP contribution in [-0.4, -0.2) is 43.8 Å². The highest BCUT2D eigenvalue weighted by atomic mass is 127. The van der Waals surface area contributed by atoms with Crippen LogP contribution in [0.5, 0.6) is 0 Å². The van der Waals surface area contributed by atoms with Crippen molar-refractivity contribution in [2.24, 2.45) is 16.6 Å². The van der Waals surface area contributed by atoms with Crippen molar-refractivity contribution in [3.8, 4) is 0 Å². The normalized spacial score (nSPS) is 17.3. The van der Waals surface area contributed by atoms with Crippen molar-refractivity contribution in [2.45, 2.75) is 39.3 Å². The molecule has 6 nitrogen and oxygen atoms in total. The number of ether oxygens (including phenoxy) is 1. The molecule has 1 fully saturated rings. The minimum atomic E-state index is 0. The van der Waals surface area contributed by atoms with E-state index >= 15 is 0 Å². The van der Waals surface area contributed by atoms with Gasteiger partial charge in [0.1, 0.15) is 5.82 Å². The molecule has 3 N–H and O–H groups in total. The summed E-state index contributed by atoms with van der Waals surface area (Å²) in [5.41, 5.74) is 6.93. The first kappa shape index (κ1) is 21.0. The monoisotopic (exact) mass is 447 g/mol. The lowest BCUT2D eigenvalue weighted by Crippen LogP contribution is -2.40. The topological polar surface area (TPSA) is 75.8 Å². The van der Waals surface area contributed by atoms with E-state index in [1.165, 1.54) is 12.8 Å². The molecule has 1 atom stereocenters. The molecule has 24 heavy (non-hydrogen) atoms. The fourth-order valence-corrected chi connectivity index (χ4v) is 2.70. The van der Waals surface area contributed by atoms with Crippen LogP contribution in [0.25, 0.3) is 0 Å². The SMILES string of the molecule is COCC(C)NC(N)=NCc1ccc(N2CCC(C)CC2)nc1.I. The van der Waals surface area contributed by atoms with E-state index in [2.05, 4.69) is 39.2 Å². The molecule has 0 saturated carbocycles. The fourth-order valence-electron chi connectivity index (χ4n) is 2.70. The number of nitrogens with one attached hydrogen (secondary N) is 1. The van der Waals surface area contributed by atoms with Crippen molar-refractivity contribution in [1.29, 1.82) is 0 Å². The number of aliphatic imine (C=N–C) groups is 1. The number of piperidine rings is 1. The van der Waals surface area contributed by atoms with Gasteiger partial charge in [0.05, 0.1) is 13.2 Å². The number of rotatable bonds is 6. The molecule has 0 spiro atoms. The first-order valence-electron chi connectivity index (χ1n) is 8.33. The third-order valence-corrected chi connectivity index (χ3v) is 4.16. The maximum atomic E-state index is 5.87. The summed E-state index contributed by atoms with van der Waals surface area (Å²) < 4.78 is 5.06. The van der Waals surface area contributed by atoms with Crippen molar-refractivity contribution in [1.82, 2.24) is 10.3 Å². The highest BCUT2D eigenvalue weighted by Crippen LogP contribution is 2.21. The number of methoxy groups -OCH3 is 1. The average molecular weight is 447 g/mol. The summed E-state index contributed by atoms with van der Waals surface area (Å²) in [5.74, 6) is 2.32. The van der Waals surface area contributed by atoms with E-state index in [9.17, 15) is 0 Å². The maximum Gasteiger partial charge on any atom is 0.189 e. The fraction of sp³-hybridized carbons (Fsp3) is 0.647. The molecule has 0 aliphatic carbocycles. The van der Waals surface area contributed by atoms with Gasteiger partial charge in [-0.3, -0.25) is 0 Å². The minimum absolute atomic E-state index is 0. The Kier molecular flexibility index (Phi) is 9.35. The average Bonchev–Trinajstić information content (AvgIpc) is 2.54. The Morgan fingerprint density at radius 1 is 1.46 bits per heavy atom. The van der Waals surface area contributed by atoms with Gasteiger partial charge in [-0.15, -0.1) is 24.0 Å². The zero-order valence-electron chi connectivity index (χ0n) is 14.9. The molecule has 0 amide bonds. The van der Waals surface area contributed by atoms with E-state index in [1.54, 1.807) is 7.11 Å². The van der Waals surface area contributed by atoms with Gasteiger partial charge in [-0.2, -0.15) is 0 Å². The van der Waals surface area contributed by atoms with Gasteiger partial charge in [-0.25, -0.2) is 9.98 Å². The van der Waals surface area contributed by atoms with Crippen LogP contribution in [0.1, 0.15) is 32.3 Å². The van der Waals surface area contributed by atoms with Crippen LogP contribution >= 0.6 is 24.0 Å². The predicted octanol–water partition coefficient (Wildman–Crippen LogP) is 2.38. The van der Waals surface area contributed by atoms with Crippen LogP contribution in [0.15, 0.2) is 23.3 Å². The third-order valence-electron chi connectivity index (χ3n) is 4.16. The molecule has 0 bridgehead atoms. The molecule has 1 unspecified atom stereocenters. The standard InChI is InChI=1S/C17H29N5O.HI/c1-13-6-8-22(9-7-13)16-5-4-15(10-19-16)11-20-17(18)21-14(2)12-23-3;/h4-5,10,13-14H,6-9,11-12H2,1-3H3,(H3,18,20,21);1H. The Hall–Kier alpha value is -1.09. The lowest BCUT2D eigenvalue weighted by Gasteiger charge is -2.31. The zero-order valence-corrected chi connectivity index (χ0v) is 17.2. The largest absolute Gasteiger partial charge is 0.383 e. The molecule has 1 aliphatic heterocycles. The molecule has 2 heterocycles. The maximum absolute atomic E-state index is 5.87. The summed E-state index contributed by atoms with van der Waals surface area (Å²) in [5, 5.41) is 3.09.